The lowest BCUT2D eigenvalue weighted by molar-refractivity contribution is -0.265. The number of likely N-dealkylation sites (tertiary alicyclic amines) is 1. The predicted octanol–water partition coefficient (Wildman–Crippen LogP) is 7.66. The van der Waals surface area contributed by atoms with Crippen molar-refractivity contribution in [1.82, 2.24) is 9.80 Å². The molecule has 2 bridgehead atoms. The highest BCUT2D eigenvalue weighted by molar-refractivity contribution is 6.69. The van der Waals surface area contributed by atoms with Crippen LogP contribution in [0, 0.1) is 35.5 Å². The van der Waals surface area contributed by atoms with Gasteiger partial charge in [0.05, 0.1) is 37.1 Å². The van der Waals surface area contributed by atoms with E-state index in [1.165, 1.54) is 12.0 Å². The number of amides is 1. The summed E-state index contributed by atoms with van der Waals surface area (Å²) in [5, 5.41) is 22.0. The minimum atomic E-state index is -2.45. The summed E-state index contributed by atoms with van der Waals surface area (Å²) in [7, 11) is 2.36. The van der Waals surface area contributed by atoms with Crippen molar-refractivity contribution in [3.05, 3.63) is 47.6 Å². The van der Waals surface area contributed by atoms with E-state index in [1.807, 2.05) is 88.7 Å². The number of hydrogen-bond donors (Lipinski definition) is 2. The number of ketones is 3. The summed E-state index contributed by atoms with van der Waals surface area (Å²) in [5.41, 5.74) is 1.55. The number of aliphatic hydroxyl groups is 2. The number of carbonyl (C=O) groups excluding carboxylic acids is 6. The van der Waals surface area contributed by atoms with Gasteiger partial charge in [-0.15, -0.1) is 0 Å². The Hall–Kier alpha value is -3.72. The van der Waals surface area contributed by atoms with Gasteiger partial charge in [-0.2, -0.15) is 0 Å². The van der Waals surface area contributed by atoms with Crippen LogP contribution in [0.25, 0.3) is 0 Å². The van der Waals surface area contributed by atoms with Crippen LogP contribution >= 0.6 is 0 Å². The van der Waals surface area contributed by atoms with Crippen LogP contribution in [0.15, 0.2) is 47.6 Å². The Labute approximate surface area is 466 Å². The smallest absolute Gasteiger partial charge is 0.329 e. The van der Waals surface area contributed by atoms with Crippen molar-refractivity contribution in [2.75, 3.05) is 47.5 Å². The van der Waals surface area contributed by atoms with Crippen molar-refractivity contribution in [2.24, 2.45) is 35.5 Å². The van der Waals surface area contributed by atoms with E-state index in [0.717, 1.165) is 5.57 Å². The van der Waals surface area contributed by atoms with E-state index in [-0.39, 0.29) is 67.1 Å². The van der Waals surface area contributed by atoms with Gasteiger partial charge in [0.1, 0.15) is 30.1 Å². The van der Waals surface area contributed by atoms with Gasteiger partial charge in [0.2, 0.25) is 5.79 Å². The fourth-order valence-corrected chi connectivity index (χ4v) is 13.2. The zero-order valence-corrected chi connectivity index (χ0v) is 50.2. The standard InChI is InChI=1S/C60H96N2O15Si/c1-37-19-15-14-16-20-38(2)50(71-8)33-46-24-22-43(7)60(70,76-46)57(67)58(68)62-27-18-17-21-47(62)59(69)75-51(34-48(64)39(3)30-42(6)55(77-78(11,12)13)56(73-10)54(66)41(5)29-37)40(4)31-44-23-25-49(52(32-44)72-9)74-53(65)36-61-28-26-45(63)35-61/h14-16,19-20,30,37,39-41,43-47,49-52,55-56,63,70H,17-18,21-29,31-36H2,1-13H3/b16-14?,19-15+,38-20?,42-30+/t37-,39-,40-,41-,43-,44+,45-,46+,47+,49-,50+,51+,52-,55-,56+,60-/m1/s1. The number of β-amino-alcohol motifs (C(OH)–C–C–N with tert-alkyl or cyclic N) is 1. The van der Waals surface area contributed by atoms with Gasteiger partial charge in [-0.05, 0) is 133 Å². The summed E-state index contributed by atoms with van der Waals surface area (Å²) in [6.07, 6.45) is 12.3. The molecule has 0 spiro atoms. The number of fused-ring (bicyclic) bond motifs is 3. The average Bonchev–Trinajstić information content (AvgIpc) is 3.85. The number of aliphatic hydroxyl groups excluding tert-OH is 1. The average molecular weight is 1110 g/mol. The first-order valence-corrected chi connectivity index (χ1v) is 32.3. The van der Waals surface area contributed by atoms with Crippen LogP contribution in [0.1, 0.15) is 132 Å². The van der Waals surface area contributed by atoms with Crippen molar-refractivity contribution in [2.45, 2.75) is 212 Å². The van der Waals surface area contributed by atoms with Gasteiger partial charge >= 0.3 is 11.9 Å². The molecule has 0 aromatic rings. The molecule has 0 aromatic heterocycles. The predicted molar refractivity (Wildman–Crippen MR) is 298 cm³/mol. The minimum absolute atomic E-state index is 0.0387. The van der Waals surface area contributed by atoms with Gasteiger partial charge in [0.15, 0.2) is 14.1 Å². The van der Waals surface area contributed by atoms with Crippen LogP contribution in [0.5, 0.6) is 0 Å². The highest BCUT2D eigenvalue weighted by atomic mass is 28.4. The Morgan fingerprint density at radius 1 is 0.833 bits per heavy atom. The first-order chi connectivity index (χ1) is 36.8. The Kier molecular flexibility index (Phi) is 24.9. The maximum absolute atomic E-state index is 14.7. The van der Waals surface area contributed by atoms with Crippen molar-refractivity contribution in [1.29, 1.82) is 0 Å². The second-order valence-corrected chi connectivity index (χ2v) is 28.9. The fourth-order valence-electron chi connectivity index (χ4n) is 12.1. The van der Waals surface area contributed by atoms with Crippen molar-refractivity contribution in [3.63, 3.8) is 0 Å². The van der Waals surface area contributed by atoms with E-state index in [1.54, 1.807) is 28.1 Å². The maximum Gasteiger partial charge on any atom is 0.329 e. The lowest BCUT2D eigenvalue weighted by Gasteiger charge is -2.42. The van der Waals surface area contributed by atoms with Gasteiger partial charge in [-0.25, -0.2) is 4.79 Å². The molecule has 440 valence electrons. The summed E-state index contributed by atoms with van der Waals surface area (Å²) in [4.78, 5) is 88.7. The maximum atomic E-state index is 14.7. The molecular formula is C60H96N2O15Si. The van der Waals surface area contributed by atoms with Gasteiger partial charge in [-0.1, -0.05) is 71.1 Å². The molecule has 1 saturated carbocycles. The van der Waals surface area contributed by atoms with Crippen molar-refractivity contribution in [3.8, 4) is 0 Å². The molecule has 3 saturated heterocycles. The van der Waals surface area contributed by atoms with Gasteiger partial charge in [-0.3, -0.25) is 28.9 Å². The number of hydrogen-bond acceptors (Lipinski definition) is 16. The van der Waals surface area contributed by atoms with Gasteiger partial charge < -0.3 is 48.0 Å². The summed E-state index contributed by atoms with van der Waals surface area (Å²) in [5.74, 6) is -8.17. The van der Waals surface area contributed by atoms with Crippen LogP contribution in [0.4, 0.5) is 0 Å². The summed E-state index contributed by atoms with van der Waals surface area (Å²) in [6.45, 7) is 20.5. The molecule has 18 heteroatoms. The molecule has 4 fully saturated rings. The summed E-state index contributed by atoms with van der Waals surface area (Å²) in [6, 6.07) is -1.16. The molecule has 16 atom stereocenters. The van der Waals surface area contributed by atoms with Gasteiger partial charge in [0, 0.05) is 71.6 Å². The lowest BCUT2D eigenvalue weighted by atomic mass is 9.78. The van der Waals surface area contributed by atoms with E-state index >= 15 is 0 Å². The largest absolute Gasteiger partial charge is 0.460 e. The molecule has 0 aromatic carbocycles. The topological polar surface area (TPSA) is 214 Å². The highest BCUT2D eigenvalue weighted by Gasteiger charge is 2.53. The molecule has 5 aliphatic rings. The first-order valence-electron chi connectivity index (χ1n) is 28.9. The molecule has 17 nitrogen and oxygen atoms in total. The number of nitrogens with zero attached hydrogens (tertiary/aromatic N) is 2. The second-order valence-electron chi connectivity index (χ2n) is 24.4. The zero-order valence-electron chi connectivity index (χ0n) is 49.2. The third kappa shape index (κ3) is 18.1. The first kappa shape index (κ1) is 65.1. The Balaban J connectivity index is 1.48. The van der Waals surface area contributed by atoms with Crippen LogP contribution in [0.2, 0.25) is 19.6 Å². The van der Waals surface area contributed by atoms with E-state index in [0.29, 0.717) is 89.3 Å². The van der Waals surface area contributed by atoms with Crippen LogP contribution in [-0.4, -0.2) is 172 Å². The number of methoxy groups -OCH3 is 3. The quantitative estimate of drug-likeness (QED) is 0.0880. The molecule has 0 radical (unpaired) electrons. The molecule has 2 N–H and O–H groups in total. The van der Waals surface area contributed by atoms with Crippen LogP contribution < -0.4 is 0 Å². The number of carbonyl (C=O) groups is 6. The highest BCUT2D eigenvalue weighted by Crippen LogP contribution is 2.38. The van der Waals surface area contributed by atoms with Gasteiger partial charge in [0.25, 0.3) is 11.7 Å². The molecule has 1 aliphatic carbocycles. The number of esters is 2. The SMILES string of the molecule is CO[C@H]1C[C@@H]2CC[C@@H](C)[C@@](O)(O2)C(=O)C(=O)N2CCCC[C@H]2C(=O)O[C@H]([C@H](C)C[C@@H]2CC[C@@H](OC(=O)CN3CC[C@@H](O)C3)[C@H](OC)C2)CC(=O)[C@H](C)/C=C(\C)[C@@H](O[Si](C)(C)C)[C@@H](OC)C(=O)[C@H](C)C[C@H](C)/C=C/C=CC=C1C. The van der Waals surface area contributed by atoms with E-state index in [2.05, 4.69) is 6.92 Å². The van der Waals surface area contributed by atoms with E-state index < -0.39 is 98.5 Å². The fraction of sp³-hybridized carbons (Fsp3) is 0.767. The van der Waals surface area contributed by atoms with E-state index in [9.17, 15) is 39.0 Å². The number of rotatable bonds is 11. The number of ether oxygens (including phenoxy) is 6. The van der Waals surface area contributed by atoms with Crippen molar-refractivity contribution < 1.29 is 71.8 Å². The van der Waals surface area contributed by atoms with Crippen LogP contribution in [0.3, 0.4) is 0 Å². The third-order valence-corrected chi connectivity index (χ3v) is 17.7. The molecule has 4 heterocycles. The molecular weight excluding hydrogens is 1020 g/mol. The molecule has 78 heavy (non-hydrogen) atoms. The lowest BCUT2D eigenvalue weighted by Crippen LogP contribution is -2.61. The molecule has 4 aliphatic heterocycles. The Morgan fingerprint density at radius 2 is 1.56 bits per heavy atom. The van der Waals surface area contributed by atoms with Crippen LogP contribution in [-0.2, 0) is 61.6 Å². The zero-order chi connectivity index (χ0) is 57.6. The normalized spacial score (nSPS) is 37.0. The minimum Gasteiger partial charge on any atom is -0.460 e. The Bertz CT molecular complexity index is 2170. The molecule has 5 rings (SSSR count). The van der Waals surface area contributed by atoms with Crippen molar-refractivity contribution >= 4 is 43.5 Å². The number of piperidine rings is 1. The number of Topliss-reactive ketones (excluding diaryl/α,β-unsaturated/α-hetero) is 3. The summed E-state index contributed by atoms with van der Waals surface area (Å²) < 4.78 is 43.1. The monoisotopic (exact) mass is 1110 g/mol. The number of cyclic esters (lactones) is 1. The third-order valence-electron chi connectivity index (χ3n) is 16.8. The molecule has 0 unspecified atom stereocenters. The second kappa shape index (κ2) is 29.8. The number of allylic oxidation sites excluding steroid dienone is 6. The molecule has 1 amide bonds. The van der Waals surface area contributed by atoms with E-state index in [4.69, 9.17) is 32.8 Å². The Morgan fingerprint density at radius 3 is 2.22 bits per heavy atom. The summed E-state index contributed by atoms with van der Waals surface area (Å²) >= 11 is 0.